The molecule has 0 atom stereocenters. The van der Waals surface area contributed by atoms with Crippen molar-refractivity contribution in [2.45, 2.75) is 20.8 Å². The molecule has 0 unspecified atom stereocenters. The normalized spacial score (nSPS) is 13.3. The third-order valence-corrected chi connectivity index (χ3v) is 1.57. The van der Waals surface area contributed by atoms with Gasteiger partial charge in [-0.3, -0.25) is 0 Å². The third kappa shape index (κ3) is 1.80. The topological polar surface area (TPSA) is 79.1 Å². The van der Waals surface area contributed by atoms with Gasteiger partial charge in [0, 0.05) is 0 Å². The molecule has 5 heteroatoms. The molecule has 0 bridgehead atoms. The highest BCUT2D eigenvalue weighted by atomic mass is 15.2. The quantitative estimate of drug-likeness (QED) is 0.554. The summed E-state index contributed by atoms with van der Waals surface area (Å²) in [4.78, 5) is 11.2. The standard InChI is InChI=1S/C6H9N5.C2H6/c1-3-10-4-5(7)8-2-9-6(4)11-3;1-2/h9H,2H2,1H3,(H2,7,8)(H,10,11);1-2H3. The fourth-order valence-corrected chi connectivity index (χ4v) is 1.08. The number of aromatic nitrogens is 2. The van der Waals surface area contributed by atoms with Crippen LogP contribution < -0.4 is 11.1 Å². The van der Waals surface area contributed by atoms with E-state index < -0.39 is 0 Å². The van der Waals surface area contributed by atoms with Gasteiger partial charge in [0.05, 0.1) is 0 Å². The van der Waals surface area contributed by atoms with Crippen LogP contribution in [0.4, 0.5) is 5.82 Å². The molecule has 1 aromatic rings. The Morgan fingerprint density at radius 2 is 2.08 bits per heavy atom. The Kier molecular flexibility index (Phi) is 2.89. The lowest BCUT2D eigenvalue weighted by molar-refractivity contribution is 1.08. The zero-order chi connectivity index (χ0) is 9.84. The summed E-state index contributed by atoms with van der Waals surface area (Å²) >= 11 is 0. The van der Waals surface area contributed by atoms with Gasteiger partial charge in [0.1, 0.15) is 24.0 Å². The fourth-order valence-electron chi connectivity index (χ4n) is 1.08. The van der Waals surface area contributed by atoms with Crippen molar-refractivity contribution in [1.29, 1.82) is 0 Å². The van der Waals surface area contributed by atoms with E-state index in [-0.39, 0.29) is 0 Å². The second-order valence-electron chi connectivity index (χ2n) is 2.42. The van der Waals surface area contributed by atoms with Gasteiger partial charge in [0.15, 0.2) is 5.82 Å². The number of fused-ring (bicyclic) bond motifs is 1. The molecule has 5 nitrogen and oxygen atoms in total. The first-order valence-electron chi connectivity index (χ1n) is 4.38. The molecule has 0 aliphatic carbocycles. The third-order valence-electron chi connectivity index (χ3n) is 1.57. The van der Waals surface area contributed by atoms with Gasteiger partial charge in [-0.2, -0.15) is 0 Å². The lowest BCUT2D eigenvalue weighted by atomic mass is 10.4. The van der Waals surface area contributed by atoms with Crippen molar-refractivity contribution >= 4 is 11.7 Å². The summed E-state index contributed by atoms with van der Waals surface area (Å²) in [5.74, 6) is 2.18. The van der Waals surface area contributed by atoms with Crippen molar-refractivity contribution in [2.75, 3.05) is 12.0 Å². The van der Waals surface area contributed by atoms with Crippen LogP contribution in [-0.2, 0) is 0 Å². The first-order valence-corrected chi connectivity index (χ1v) is 4.38. The summed E-state index contributed by atoms with van der Waals surface area (Å²) in [5.41, 5.74) is 6.40. The molecule has 1 aliphatic heterocycles. The molecule has 1 aliphatic rings. The van der Waals surface area contributed by atoms with Crippen molar-refractivity contribution < 1.29 is 0 Å². The van der Waals surface area contributed by atoms with E-state index in [1.54, 1.807) is 0 Å². The first-order chi connectivity index (χ1) is 6.27. The Morgan fingerprint density at radius 3 is 2.69 bits per heavy atom. The molecule has 0 aromatic carbocycles. The Morgan fingerprint density at radius 1 is 1.38 bits per heavy atom. The zero-order valence-corrected chi connectivity index (χ0v) is 8.18. The number of imidazole rings is 1. The smallest absolute Gasteiger partial charge is 0.157 e. The van der Waals surface area contributed by atoms with Crippen molar-refractivity contribution in [3.63, 3.8) is 0 Å². The number of nitrogens with two attached hydrogens (primary N) is 1. The first kappa shape index (κ1) is 9.57. The highest BCUT2D eigenvalue weighted by Gasteiger charge is 2.14. The van der Waals surface area contributed by atoms with Crippen LogP contribution in [0.5, 0.6) is 0 Å². The maximum Gasteiger partial charge on any atom is 0.157 e. The summed E-state index contributed by atoms with van der Waals surface area (Å²) in [6.45, 7) is 6.40. The number of anilines is 1. The summed E-state index contributed by atoms with van der Waals surface area (Å²) in [5, 5.41) is 3.00. The molecule has 1 aromatic heterocycles. The van der Waals surface area contributed by atoms with E-state index in [0.717, 1.165) is 17.3 Å². The summed E-state index contributed by atoms with van der Waals surface area (Å²) in [6, 6.07) is 0. The molecule has 2 rings (SSSR count). The molecule has 2 heterocycles. The molecule has 0 radical (unpaired) electrons. The number of H-pyrrole nitrogens is 1. The number of nitrogens with one attached hydrogen (secondary N) is 2. The number of aliphatic imine (C=N–C) groups is 1. The number of hydrogen-bond acceptors (Lipinski definition) is 4. The highest BCUT2D eigenvalue weighted by Crippen LogP contribution is 2.14. The van der Waals surface area contributed by atoms with Gasteiger partial charge in [-0.15, -0.1) is 0 Å². The largest absolute Gasteiger partial charge is 0.382 e. The van der Waals surface area contributed by atoms with Gasteiger partial charge < -0.3 is 16.0 Å². The van der Waals surface area contributed by atoms with Gasteiger partial charge in [-0.25, -0.2) is 9.98 Å². The van der Waals surface area contributed by atoms with Gasteiger partial charge in [0.2, 0.25) is 0 Å². The zero-order valence-electron chi connectivity index (χ0n) is 8.18. The predicted molar refractivity (Wildman–Crippen MR) is 53.9 cm³/mol. The monoisotopic (exact) mass is 181 g/mol. The number of aromatic amines is 1. The number of rotatable bonds is 0. The molecular weight excluding hydrogens is 166 g/mol. The Hall–Kier alpha value is -1.52. The summed E-state index contributed by atoms with van der Waals surface area (Å²) in [6.07, 6.45) is 0. The average molecular weight is 181 g/mol. The molecular formula is C8H15N5. The van der Waals surface area contributed by atoms with Crippen LogP contribution in [-0.4, -0.2) is 22.5 Å². The lowest BCUT2D eigenvalue weighted by Gasteiger charge is -2.08. The maximum absolute atomic E-state index is 5.60. The molecule has 72 valence electrons. The molecule has 4 N–H and O–H groups in total. The van der Waals surface area contributed by atoms with Crippen LogP contribution in [0, 0.1) is 6.92 Å². The highest BCUT2D eigenvalue weighted by molar-refractivity contribution is 6.01. The minimum atomic E-state index is 0.517. The van der Waals surface area contributed by atoms with Crippen LogP contribution >= 0.6 is 0 Å². The van der Waals surface area contributed by atoms with E-state index in [1.807, 2.05) is 20.8 Å². The molecule has 0 amide bonds. The van der Waals surface area contributed by atoms with Crippen LogP contribution in [0.2, 0.25) is 0 Å². The van der Waals surface area contributed by atoms with E-state index in [1.165, 1.54) is 0 Å². The van der Waals surface area contributed by atoms with Gasteiger partial charge in [-0.05, 0) is 6.92 Å². The van der Waals surface area contributed by atoms with Crippen LogP contribution in [0.15, 0.2) is 4.99 Å². The molecule has 0 spiro atoms. The molecule has 0 saturated carbocycles. The van der Waals surface area contributed by atoms with E-state index in [4.69, 9.17) is 5.73 Å². The summed E-state index contributed by atoms with van der Waals surface area (Å²) in [7, 11) is 0. The van der Waals surface area contributed by atoms with Crippen LogP contribution in [0.3, 0.4) is 0 Å². The van der Waals surface area contributed by atoms with Gasteiger partial charge >= 0.3 is 0 Å². The number of aryl methyl sites for hydroxylation is 1. The minimum Gasteiger partial charge on any atom is -0.382 e. The fraction of sp³-hybridized carbons (Fsp3) is 0.500. The van der Waals surface area contributed by atoms with Crippen molar-refractivity contribution in [3.05, 3.63) is 11.5 Å². The maximum atomic E-state index is 5.60. The van der Waals surface area contributed by atoms with Crippen molar-refractivity contribution in [2.24, 2.45) is 10.7 Å². The second-order valence-corrected chi connectivity index (χ2v) is 2.42. The number of amidine groups is 1. The number of nitrogens with zero attached hydrogens (tertiary/aromatic N) is 2. The van der Waals surface area contributed by atoms with Crippen molar-refractivity contribution in [1.82, 2.24) is 9.97 Å². The van der Waals surface area contributed by atoms with E-state index in [2.05, 4.69) is 20.3 Å². The van der Waals surface area contributed by atoms with Crippen LogP contribution in [0.25, 0.3) is 0 Å². The Labute approximate surface area is 77.5 Å². The molecule has 0 fully saturated rings. The predicted octanol–water partition coefficient (Wildman–Crippen LogP) is 0.833. The Balaban J connectivity index is 0.000000396. The van der Waals surface area contributed by atoms with Gasteiger partial charge in [0.25, 0.3) is 0 Å². The summed E-state index contributed by atoms with van der Waals surface area (Å²) < 4.78 is 0. The SMILES string of the molecule is CC.Cc1nc2c([nH]1)C(N)=NCN2. The lowest BCUT2D eigenvalue weighted by Crippen LogP contribution is -2.22. The molecule has 13 heavy (non-hydrogen) atoms. The molecule has 0 saturated heterocycles. The second kappa shape index (κ2) is 3.93. The van der Waals surface area contributed by atoms with Gasteiger partial charge in [-0.1, -0.05) is 13.8 Å². The van der Waals surface area contributed by atoms with Crippen LogP contribution in [0.1, 0.15) is 25.4 Å². The van der Waals surface area contributed by atoms with E-state index in [9.17, 15) is 0 Å². The average Bonchev–Trinajstić information content (AvgIpc) is 2.51. The minimum absolute atomic E-state index is 0.517. The van der Waals surface area contributed by atoms with E-state index in [0.29, 0.717) is 12.5 Å². The number of hydrogen-bond donors (Lipinski definition) is 3. The van der Waals surface area contributed by atoms with E-state index >= 15 is 0 Å². The van der Waals surface area contributed by atoms with Crippen molar-refractivity contribution in [3.8, 4) is 0 Å². The Bertz CT molecular complexity index is 312.